The van der Waals surface area contributed by atoms with Crippen molar-refractivity contribution in [1.82, 2.24) is 19.6 Å². The minimum absolute atomic E-state index is 0.698. The molecule has 0 fully saturated rings. The lowest BCUT2D eigenvalue weighted by molar-refractivity contribution is 0.811. The summed E-state index contributed by atoms with van der Waals surface area (Å²) in [6.45, 7) is 0. The number of halogens is 1. The van der Waals surface area contributed by atoms with Crippen LogP contribution in [0.25, 0.3) is 27.9 Å². The summed E-state index contributed by atoms with van der Waals surface area (Å²) in [6.07, 6.45) is 0. The summed E-state index contributed by atoms with van der Waals surface area (Å²) >= 11 is 7.74. The van der Waals surface area contributed by atoms with Crippen molar-refractivity contribution in [3.05, 3.63) is 89.4 Å². The highest BCUT2D eigenvalue weighted by molar-refractivity contribution is 7.98. The Kier molecular flexibility index (Phi) is 4.47. The van der Waals surface area contributed by atoms with E-state index in [4.69, 9.17) is 26.7 Å². The fraction of sp³-hybridized carbons (Fsp3) is 0.0455. The average molecular weight is 403 g/mol. The van der Waals surface area contributed by atoms with Crippen molar-refractivity contribution >= 4 is 39.9 Å². The number of fused-ring (bicyclic) bond motifs is 3. The molecule has 3 aromatic carbocycles. The molecule has 2 aromatic heterocycles. The molecule has 5 aromatic rings. The molecule has 0 bridgehead atoms. The summed E-state index contributed by atoms with van der Waals surface area (Å²) in [4.78, 5) is 9.66. The van der Waals surface area contributed by atoms with Gasteiger partial charge in [0.1, 0.15) is 0 Å². The molecule has 0 N–H and O–H groups in total. The summed E-state index contributed by atoms with van der Waals surface area (Å²) in [7, 11) is 0. The summed E-state index contributed by atoms with van der Waals surface area (Å²) in [5, 5.41) is 7.30. The third-order valence-electron chi connectivity index (χ3n) is 4.44. The maximum atomic E-state index is 6.12. The number of aromatic nitrogens is 4. The maximum absolute atomic E-state index is 6.12. The number of nitrogens with zero attached hydrogens (tertiary/aromatic N) is 4. The van der Waals surface area contributed by atoms with Gasteiger partial charge in [-0.05, 0) is 29.8 Å². The molecule has 0 aliphatic rings. The van der Waals surface area contributed by atoms with E-state index in [1.165, 1.54) is 0 Å². The average Bonchev–Trinajstić information content (AvgIpc) is 3.19. The van der Waals surface area contributed by atoms with Crippen molar-refractivity contribution < 1.29 is 0 Å². The summed E-state index contributed by atoms with van der Waals surface area (Å²) in [5.74, 6) is 1.45. The van der Waals surface area contributed by atoms with Gasteiger partial charge in [-0.1, -0.05) is 78.0 Å². The topological polar surface area (TPSA) is 43.1 Å². The zero-order chi connectivity index (χ0) is 18.9. The molecule has 0 radical (unpaired) electrons. The lowest BCUT2D eigenvalue weighted by Gasteiger charge is -2.06. The van der Waals surface area contributed by atoms with Crippen molar-refractivity contribution in [1.29, 1.82) is 0 Å². The number of para-hydroxylation sites is 1. The molecule has 0 aliphatic carbocycles. The highest BCUT2D eigenvalue weighted by Gasteiger charge is 2.14. The monoisotopic (exact) mass is 402 g/mol. The lowest BCUT2D eigenvalue weighted by Crippen LogP contribution is -1.98. The van der Waals surface area contributed by atoms with Crippen LogP contribution in [0.4, 0.5) is 0 Å². The van der Waals surface area contributed by atoms with Crippen LogP contribution in [-0.4, -0.2) is 19.6 Å². The fourth-order valence-corrected chi connectivity index (χ4v) is 4.21. The first kappa shape index (κ1) is 17.2. The predicted octanol–water partition coefficient (Wildman–Crippen LogP) is 5.89. The molecule has 0 atom stereocenters. The Bertz CT molecular complexity index is 1280. The number of thioether (sulfide) groups is 1. The van der Waals surface area contributed by atoms with E-state index in [1.54, 1.807) is 11.8 Å². The molecule has 0 spiro atoms. The third-order valence-corrected chi connectivity index (χ3v) is 5.67. The van der Waals surface area contributed by atoms with Crippen LogP contribution in [0.15, 0.2) is 84.0 Å². The largest absolute Gasteiger partial charge is 0.222 e. The number of rotatable bonds is 4. The standard InChI is InChI=1S/C22H15ClN4S/c23-17-10-6-7-15(13-17)14-28-22-24-19-12-5-4-11-18(19)21-25-20(26-27(21)22)16-8-2-1-3-9-16/h1-13H,14H2. The first-order chi connectivity index (χ1) is 13.8. The van der Waals surface area contributed by atoms with Gasteiger partial charge < -0.3 is 0 Å². The molecule has 136 valence electrons. The van der Waals surface area contributed by atoms with Crippen LogP contribution in [0.2, 0.25) is 5.02 Å². The lowest BCUT2D eigenvalue weighted by atomic mass is 10.2. The summed E-state index contributed by atoms with van der Waals surface area (Å²) in [6, 6.07) is 25.9. The minimum Gasteiger partial charge on any atom is -0.222 e. The Labute approximate surface area is 171 Å². The van der Waals surface area contributed by atoms with Gasteiger partial charge in [-0.15, -0.1) is 5.10 Å². The molecule has 4 nitrogen and oxygen atoms in total. The second-order valence-electron chi connectivity index (χ2n) is 6.37. The predicted molar refractivity (Wildman–Crippen MR) is 115 cm³/mol. The van der Waals surface area contributed by atoms with E-state index >= 15 is 0 Å². The first-order valence-electron chi connectivity index (χ1n) is 8.86. The third kappa shape index (κ3) is 3.23. The van der Waals surface area contributed by atoms with Gasteiger partial charge in [0.2, 0.25) is 0 Å². The van der Waals surface area contributed by atoms with E-state index in [0.29, 0.717) is 5.82 Å². The van der Waals surface area contributed by atoms with Crippen molar-refractivity contribution in [3.8, 4) is 11.4 Å². The van der Waals surface area contributed by atoms with E-state index < -0.39 is 0 Å². The zero-order valence-corrected chi connectivity index (χ0v) is 16.4. The second kappa shape index (κ2) is 7.26. The minimum atomic E-state index is 0.698. The van der Waals surface area contributed by atoms with E-state index in [1.807, 2.05) is 77.3 Å². The first-order valence-corrected chi connectivity index (χ1v) is 10.2. The molecule has 0 saturated carbocycles. The van der Waals surface area contributed by atoms with Crippen LogP contribution in [0, 0.1) is 0 Å². The van der Waals surface area contributed by atoms with Gasteiger partial charge in [0.05, 0.1) is 5.52 Å². The maximum Gasteiger partial charge on any atom is 0.191 e. The molecule has 6 heteroatoms. The van der Waals surface area contributed by atoms with E-state index in [-0.39, 0.29) is 0 Å². The molecular formula is C22H15ClN4S. The van der Waals surface area contributed by atoms with Crippen molar-refractivity contribution in [2.45, 2.75) is 10.9 Å². The van der Waals surface area contributed by atoms with Gasteiger partial charge in [-0.3, -0.25) is 0 Å². The smallest absolute Gasteiger partial charge is 0.191 e. The molecule has 2 heterocycles. The van der Waals surface area contributed by atoms with Crippen LogP contribution < -0.4 is 0 Å². The van der Waals surface area contributed by atoms with Crippen molar-refractivity contribution in [3.63, 3.8) is 0 Å². The second-order valence-corrected chi connectivity index (χ2v) is 7.75. The molecule has 5 rings (SSSR count). The number of hydrogen-bond donors (Lipinski definition) is 0. The van der Waals surface area contributed by atoms with Crippen molar-refractivity contribution in [2.24, 2.45) is 0 Å². The SMILES string of the molecule is Clc1cccc(CSc2nc3ccccc3c3nc(-c4ccccc4)nn23)c1. The van der Waals surface area contributed by atoms with Crippen LogP contribution in [0.3, 0.4) is 0 Å². The van der Waals surface area contributed by atoms with Crippen LogP contribution in [0.1, 0.15) is 5.56 Å². The Hall–Kier alpha value is -2.89. The Morgan fingerprint density at radius 3 is 2.54 bits per heavy atom. The normalized spacial score (nSPS) is 11.3. The summed E-state index contributed by atoms with van der Waals surface area (Å²) < 4.78 is 1.85. The molecule has 0 amide bonds. The quantitative estimate of drug-likeness (QED) is 0.277. The van der Waals surface area contributed by atoms with Crippen LogP contribution in [-0.2, 0) is 5.75 Å². The Morgan fingerprint density at radius 1 is 0.857 bits per heavy atom. The molecule has 0 saturated heterocycles. The highest BCUT2D eigenvalue weighted by Crippen LogP contribution is 2.28. The highest BCUT2D eigenvalue weighted by atomic mass is 35.5. The number of hydrogen-bond acceptors (Lipinski definition) is 4. The Balaban J connectivity index is 1.63. The van der Waals surface area contributed by atoms with E-state index in [9.17, 15) is 0 Å². The Morgan fingerprint density at radius 2 is 1.68 bits per heavy atom. The molecule has 28 heavy (non-hydrogen) atoms. The fourth-order valence-electron chi connectivity index (χ4n) is 3.11. The van der Waals surface area contributed by atoms with Gasteiger partial charge >= 0.3 is 0 Å². The van der Waals surface area contributed by atoms with Crippen molar-refractivity contribution in [2.75, 3.05) is 0 Å². The van der Waals surface area contributed by atoms with Gasteiger partial charge in [0.15, 0.2) is 16.6 Å². The summed E-state index contributed by atoms with van der Waals surface area (Å²) in [5.41, 5.74) is 3.86. The van der Waals surface area contributed by atoms with Gasteiger partial charge in [-0.2, -0.15) is 4.52 Å². The van der Waals surface area contributed by atoms with E-state index in [2.05, 4.69) is 6.07 Å². The van der Waals surface area contributed by atoms with Crippen LogP contribution >= 0.6 is 23.4 Å². The van der Waals surface area contributed by atoms with Crippen LogP contribution in [0.5, 0.6) is 0 Å². The van der Waals surface area contributed by atoms with Gasteiger partial charge in [0, 0.05) is 21.7 Å². The van der Waals surface area contributed by atoms with E-state index in [0.717, 1.165) is 43.6 Å². The molecule has 0 aliphatic heterocycles. The number of benzene rings is 3. The molecule has 0 unspecified atom stereocenters. The van der Waals surface area contributed by atoms with Gasteiger partial charge in [-0.25, -0.2) is 9.97 Å². The molecular weight excluding hydrogens is 388 g/mol. The zero-order valence-electron chi connectivity index (χ0n) is 14.8. The van der Waals surface area contributed by atoms with Gasteiger partial charge in [0.25, 0.3) is 0 Å².